The van der Waals surface area contributed by atoms with E-state index in [4.69, 9.17) is 38.0 Å². The van der Waals surface area contributed by atoms with Gasteiger partial charge in [0.1, 0.15) is 11.8 Å². The molecule has 0 saturated heterocycles. The molecule has 1 amide bonds. The number of anilines is 2. The van der Waals surface area contributed by atoms with Crippen molar-refractivity contribution in [3.63, 3.8) is 0 Å². The topological polar surface area (TPSA) is 81.1 Å². The first-order valence-corrected chi connectivity index (χ1v) is 13.8. The third kappa shape index (κ3) is 5.38. The number of hydrogen-bond acceptors (Lipinski definition) is 6. The Bertz CT molecular complexity index is 1520. The van der Waals surface area contributed by atoms with Crippen molar-refractivity contribution in [2.75, 3.05) is 17.2 Å². The summed E-state index contributed by atoms with van der Waals surface area (Å²) < 4.78 is 7.42. The summed E-state index contributed by atoms with van der Waals surface area (Å²) in [5, 5.41) is 12.8. The summed E-state index contributed by atoms with van der Waals surface area (Å²) in [7, 11) is 0. The quantitative estimate of drug-likeness (QED) is 0.220. The van der Waals surface area contributed by atoms with Gasteiger partial charge in [0.25, 0.3) is 5.91 Å². The Hall–Kier alpha value is -3.46. The number of para-hydroxylation sites is 2. The molecule has 1 aromatic heterocycles. The molecule has 0 aliphatic carbocycles. The monoisotopic (exact) mass is 565 g/mol. The average molecular weight is 567 g/mol. The SMILES string of the molecule is CCOc1ccccc1NC(=O)C1=C(C)Nc2nc(SCc3ccccc3Cl)nn2C1c1ccccc1Cl. The van der Waals surface area contributed by atoms with Crippen LogP contribution in [0.5, 0.6) is 5.75 Å². The molecule has 38 heavy (non-hydrogen) atoms. The van der Waals surface area contributed by atoms with Crippen LogP contribution in [0.15, 0.2) is 89.2 Å². The minimum absolute atomic E-state index is 0.293. The zero-order valence-electron chi connectivity index (χ0n) is 20.7. The second-order valence-corrected chi connectivity index (χ2v) is 10.3. The lowest BCUT2D eigenvalue weighted by molar-refractivity contribution is -0.113. The van der Waals surface area contributed by atoms with Gasteiger partial charge in [-0.25, -0.2) is 4.68 Å². The first kappa shape index (κ1) is 26.2. The molecule has 10 heteroatoms. The molecule has 1 atom stereocenters. The maximum atomic E-state index is 13.8. The maximum Gasteiger partial charge on any atom is 0.255 e. The first-order chi connectivity index (χ1) is 18.5. The molecule has 0 bridgehead atoms. The van der Waals surface area contributed by atoms with Crippen molar-refractivity contribution in [3.8, 4) is 5.75 Å². The number of carbonyl (C=O) groups excluding carboxylic acids is 1. The second kappa shape index (κ2) is 11.5. The zero-order valence-corrected chi connectivity index (χ0v) is 23.1. The van der Waals surface area contributed by atoms with Gasteiger partial charge in [-0.15, -0.1) is 5.10 Å². The Kier molecular flexibility index (Phi) is 7.93. The van der Waals surface area contributed by atoms with Crippen molar-refractivity contribution >= 4 is 52.5 Å². The predicted molar refractivity (Wildman–Crippen MR) is 153 cm³/mol. The second-order valence-electron chi connectivity index (χ2n) is 8.51. The molecule has 5 rings (SSSR count). The van der Waals surface area contributed by atoms with Gasteiger partial charge in [0, 0.05) is 27.1 Å². The van der Waals surface area contributed by atoms with Crippen molar-refractivity contribution in [3.05, 3.63) is 105 Å². The average Bonchev–Trinajstić information content (AvgIpc) is 3.31. The number of nitrogens with one attached hydrogen (secondary N) is 2. The number of benzene rings is 3. The van der Waals surface area contributed by atoms with Gasteiger partial charge in [0.15, 0.2) is 0 Å². The van der Waals surface area contributed by atoms with E-state index in [1.165, 1.54) is 11.8 Å². The van der Waals surface area contributed by atoms with E-state index in [-0.39, 0.29) is 5.91 Å². The minimum Gasteiger partial charge on any atom is -0.492 e. The van der Waals surface area contributed by atoms with Gasteiger partial charge in [-0.05, 0) is 43.7 Å². The molecule has 1 aliphatic heterocycles. The van der Waals surface area contributed by atoms with Crippen LogP contribution >= 0.6 is 35.0 Å². The highest BCUT2D eigenvalue weighted by Gasteiger charge is 2.35. The number of nitrogens with zero attached hydrogens (tertiary/aromatic N) is 3. The molecule has 0 spiro atoms. The number of thioether (sulfide) groups is 1. The van der Waals surface area contributed by atoms with Gasteiger partial charge >= 0.3 is 0 Å². The largest absolute Gasteiger partial charge is 0.492 e. The van der Waals surface area contributed by atoms with E-state index < -0.39 is 6.04 Å². The molecule has 4 aromatic rings. The minimum atomic E-state index is -0.596. The first-order valence-electron chi connectivity index (χ1n) is 12.0. The predicted octanol–water partition coefficient (Wildman–Crippen LogP) is 7.20. The summed E-state index contributed by atoms with van der Waals surface area (Å²) in [5.74, 6) is 1.44. The molecule has 194 valence electrons. The highest BCUT2D eigenvalue weighted by atomic mass is 35.5. The van der Waals surface area contributed by atoms with Crippen LogP contribution in [-0.2, 0) is 10.5 Å². The van der Waals surface area contributed by atoms with E-state index in [2.05, 4.69) is 10.6 Å². The highest BCUT2D eigenvalue weighted by molar-refractivity contribution is 7.98. The summed E-state index contributed by atoms with van der Waals surface area (Å²) in [4.78, 5) is 18.5. The van der Waals surface area contributed by atoms with Crippen LogP contribution in [0.1, 0.15) is 31.0 Å². The molecule has 0 saturated carbocycles. The van der Waals surface area contributed by atoms with Gasteiger partial charge in [-0.3, -0.25) is 4.79 Å². The maximum absolute atomic E-state index is 13.8. The number of hydrogen-bond donors (Lipinski definition) is 2. The van der Waals surface area contributed by atoms with Crippen molar-refractivity contribution in [1.82, 2.24) is 14.8 Å². The molecular formula is C28H25Cl2N5O2S. The number of aromatic nitrogens is 3. The number of fused-ring (bicyclic) bond motifs is 1. The summed E-state index contributed by atoms with van der Waals surface area (Å²) >= 11 is 14.5. The van der Waals surface area contributed by atoms with E-state index in [1.807, 2.05) is 80.6 Å². The van der Waals surface area contributed by atoms with Crippen molar-refractivity contribution in [2.45, 2.75) is 30.8 Å². The van der Waals surface area contributed by atoms with Gasteiger partial charge in [0.2, 0.25) is 11.1 Å². The summed E-state index contributed by atoms with van der Waals surface area (Å²) in [6.07, 6.45) is 0. The Morgan fingerprint density at radius 2 is 1.76 bits per heavy atom. The molecule has 1 aliphatic rings. The third-order valence-electron chi connectivity index (χ3n) is 6.03. The van der Waals surface area contributed by atoms with Crippen LogP contribution in [0.2, 0.25) is 10.0 Å². The normalized spacial score (nSPS) is 14.6. The smallest absolute Gasteiger partial charge is 0.255 e. The Morgan fingerprint density at radius 1 is 1.05 bits per heavy atom. The number of amides is 1. The van der Waals surface area contributed by atoms with Crippen LogP contribution in [0.3, 0.4) is 0 Å². The molecule has 7 nitrogen and oxygen atoms in total. The number of rotatable bonds is 8. The number of allylic oxidation sites excluding steroid dienone is 1. The summed E-state index contributed by atoms with van der Waals surface area (Å²) in [6.45, 7) is 4.23. The molecule has 2 N–H and O–H groups in total. The van der Waals surface area contributed by atoms with E-state index >= 15 is 0 Å². The summed E-state index contributed by atoms with van der Waals surface area (Å²) in [5.41, 5.74) is 3.45. The number of ether oxygens (including phenoxy) is 1. The van der Waals surface area contributed by atoms with E-state index in [1.54, 1.807) is 10.7 Å². The number of halogens is 2. The number of carbonyl (C=O) groups is 1. The van der Waals surface area contributed by atoms with Crippen molar-refractivity contribution in [2.24, 2.45) is 0 Å². The van der Waals surface area contributed by atoms with Crippen LogP contribution < -0.4 is 15.4 Å². The zero-order chi connectivity index (χ0) is 26.6. The van der Waals surface area contributed by atoms with Gasteiger partial charge in [0.05, 0.1) is 17.9 Å². The van der Waals surface area contributed by atoms with Gasteiger partial charge < -0.3 is 15.4 Å². The van der Waals surface area contributed by atoms with E-state index in [9.17, 15) is 4.79 Å². The van der Waals surface area contributed by atoms with E-state index in [0.29, 0.717) is 56.2 Å². The lowest BCUT2D eigenvalue weighted by Crippen LogP contribution is -2.31. The third-order valence-corrected chi connectivity index (χ3v) is 7.63. The lowest BCUT2D eigenvalue weighted by atomic mass is 9.95. The summed E-state index contributed by atoms with van der Waals surface area (Å²) in [6, 6.07) is 21.9. The van der Waals surface area contributed by atoms with Crippen LogP contribution in [0.4, 0.5) is 11.6 Å². The van der Waals surface area contributed by atoms with Crippen LogP contribution in [0, 0.1) is 0 Å². The lowest BCUT2D eigenvalue weighted by Gasteiger charge is -2.29. The van der Waals surface area contributed by atoms with Crippen molar-refractivity contribution in [1.29, 1.82) is 0 Å². The molecule has 0 fully saturated rings. The van der Waals surface area contributed by atoms with E-state index in [0.717, 1.165) is 11.1 Å². The fraction of sp³-hybridized carbons (Fsp3) is 0.179. The molecule has 0 radical (unpaired) electrons. The fourth-order valence-corrected chi connectivity index (χ4v) is 5.62. The standard InChI is InChI=1S/C28H25Cl2N5O2S/c1-3-37-23-15-9-8-14-22(23)32-26(36)24-17(2)31-27-33-28(38-16-18-10-4-6-12-20(18)29)34-35(27)25(24)19-11-5-7-13-21(19)30/h4-15,25H,3,16H2,1-2H3,(H,32,36)(H,31,33,34). The Labute approximate surface area is 235 Å². The van der Waals surface area contributed by atoms with Gasteiger partial charge in [-0.1, -0.05) is 83.5 Å². The van der Waals surface area contributed by atoms with Crippen LogP contribution in [-0.4, -0.2) is 27.3 Å². The molecular weight excluding hydrogens is 541 g/mol. The molecule has 1 unspecified atom stereocenters. The molecule has 3 aromatic carbocycles. The van der Waals surface area contributed by atoms with Crippen LogP contribution in [0.25, 0.3) is 0 Å². The highest BCUT2D eigenvalue weighted by Crippen LogP contribution is 2.40. The molecule has 2 heterocycles. The van der Waals surface area contributed by atoms with Gasteiger partial charge in [-0.2, -0.15) is 4.98 Å². The van der Waals surface area contributed by atoms with Crippen molar-refractivity contribution < 1.29 is 9.53 Å². The Balaban J connectivity index is 1.50. The Morgan fingerprint density at radius 3 is 2.53 bits per heavy atom. The fourth-order valence-electron chi connectivity index (χ4n) is 4.27.